The lowest BCUT2D eigenvalue weighted by molar-refractivity contribution is 0.117. The third kappa shape index (κ3) is 5.25. The fraction of sp³-hybridized carbons (Fsp3) is 1.00. The van der Waals surface area contributed by atoms with Crippen LogP contribution < -0.4 is 5.32 Å². The molecule has 2 unspecified atom stereocenters. The molecule has 3 heteroatoms. The predicted octanol–water partition coefficient (Wildman–Crippen LogP) is 2.66. The Morgan fingerprint density at radius 2 is 1.94 bits per heavy atom. The molecule has 1 aliphatic rings. The quantitative estimate of drug-likeness (QED) is 0.722. The highest BCUT2D eigenvalue weighted by molar-refractivity contribution is 4.84. The van der Waals surface area contributed by atoms with Gasteiger partial charge in [0.15, 0.2) is 0 Å². The summed E-state index contributed by atoms with van der Waals surface area (Å²) in [6.07, 6.45) is 6.20. The lowest BCUT2D eigenvalue weighted by atomic mass is 9.98. The lowest BCUT2D eigenvalue weighted by Gasteiger charge is -2.36. The van der Waals surface area contributed by atoms with Gasteiger partial charge in [-0.2, -0.15) is 0 Å². The summed E-state index contributed by atoms with van der Waals surface area (Å²) in [6, 6.07) is 1.33. The van der Waals surface area contributed by atoms with Crippen LogP contribution in [-0.2, 0) is 4.74 Å². The van der Waals surface area contributed by atoms with Crippen LogP contribution in [0.4, 0.5) is 0 Å². The molecule has 0 aromatic carbocycles. The van der Waals surface area contributed by atoms with Crippen LogP contribution in [0.25, 0.3) is 0 Å². The largest absolute Gasteiger partial charge is 0.380 e. The molecule has 2 atom stereocenters. The van der Waals surface area contributed by atoms with Crippen molar-refractivity contribution < 1.29 is 4.74 Å². The van der Waals surface area contributed by atoms with Crippen molar-refractivity contribution in [2.45, 2.75) is 65.0 Å². The van der Waals surface area contributed by atoms with Gasteiger partial charge in [0.25, 0.3) is 0 Å². The van der Waals surface area contributed by atoms with E-state index in [1.807, 2.05) is 0 Å². The van der Waals surface area contributed by atoms with Gasteiger partial charge in [-0.3, -0.25) is 4.90 Å². The molecule has 1 fully saturated rings. The minimum absolute atomic E-state index is 0.651. The second kappa shape index (κ2) is 9.76. The van der Waals surface area contributed by atoms with Crippen molar-refractivity contribution in [2.24, 2.45) is 0 Å². The van der Waals surface area contributed by atoms with Crippen LogP contribution in [-0.4, -0.2) is 49.8 Å². The first-order chi connectivity index (χ1) is 8.83. The molecule has 0 aromatic rings. The molecule has 18 heavy (non-hydrogen) atoms. The van der Waals surface area contributed by atoms with Gasteiger partial charge in [-0.05, 0) is 32.2 Å². The van der Waals surface area contributed by atoms with Crippen LogP contribution >= 0.6 is 0 Å². The number of hydrogen-bond acceptors (Lipinski definition) is 3. The maximum Gasteiger partial charge on any atom is 0.0593 e. The van der Waals surface area contributed by atoms with E-state index in [9.17, 15) is 0 Å². The number of ether oxygens (including phenoxy) is 1. The molecule has 0 bridgehead atoms. The van der Waals surface area contributed by atoms with E-state index in [0.717, 1.165) is 26.3 Å². The Hall–Kier alpha value is -0.120. The van der Waals surface area contributed by atoms with Crippen molar-refractivity contribution in [2.75, 3.05) is 32.8 Å². The van der Waals surface area contributed by atoms with E-state index in [1.165, 1.54) is 38.6 Å². The van der Waals surface area contributed by atoms with Gasteiger partial charge in [-0.15, -0.1) is 0 Å². The van der Waals surface area contributed by atoms with Crippen LogP contribution in [0.5, 0.6) is 0 Å². The van der Waals surface area contributed by atoms with Gasteiger partial charge in [0.05, 0.1) is 6.61 Å². The molecule has 3 nitrogen and oxygen atoms in total. The van der Waals surface area contributed by atoms with Crippen molar-refractivity contribution in [3.8, 4) is 0 Å². The summed E-state index contributed by atoms with van der Waals surface area (Å²) in [6.45, 7) is 12.2. The summed E-state index contributed by atoms with van der Waals surface area (Å²) in [5.74, 6) is 0. The van der Waals surface area contributed by atoms with Crippen LogP contribution in [0.3, 0.4) is 0 Å². The van der Waals surface area contributed by atoms with E-state index in [4.69, 9.17) is 4.74 Å². The average Bonchev–Trinajstić information content (AvgIpc) is 2.66. The van der Waals surface area contributed by atoms with Gasteiger partial charge in [0.2, 0.25) is 0 Å². The first-order valence-electron chi connectivity index (χ1n) is 7.88. The molecular formula is C15H32N2O. The minimum Gasteiger partial charge on any atom is -0.380 e. The fourth-order valence-electron chi connectivity index (χ4n) is 2.97. The van der Waals surface area contributed by atoms with Crippen molar-refractivity contribution in [3.63, 3.8) is 0 Å². The van der Waals surface area contributed by atoms with Crippen molar-refractivity contribution in [1.82, 2.24) is 10.2 Å². The molecule has 1 N–H and O–H groups in total. The zero-order valence-corrected chi connectivity index (χ0v) is 12.6. The SMILES string of the molecule is CCCNC(CCC)C(CC)N1CCCOCC1. The van der Waals surface area contributed by atoms with Crippen molar-refractivity contribution in [3.05, 3.63) is 0 Å². The standard InChI is InChI=1S/C15H32N2O/c1-4-8-14(16-9-5-2)15(6-3)17-10-7-12-18-13-11-17/h14-16H,4-13H2,1-3H3. The van der Waals surface area contributed by atoms with Gasteiger partial charge in [0, 0.05) is 31.8 Å². The zero-order valence-electron chi connectivity index (χ0n) is 12.6. The monoisotopic (exact) mass is 256 g/mol. The number of hydrogen-bond donors (Lipinski definition) is 1. The van der Waals surface area contributed by atoms with Gasteiger partial charge in [-0.1, -0.05) is 27.2 Å². The van der Waals surface area contributed by atoms with Gasteiger partial charge >= 0.3 is 0 Å². The maximum absolute atomic E-state index is 5.58. The molecular weight excluding hydrogens is 224 g/mol. The van der Waals surface area contributed by atoms with Crippen LogP contribution in [0.2, 0.25) is 0 Å². The molecule has 0 amide bonds. The van der Waals surface area contributed by atoms with E-state index in [-0.39, 0.29) is 0 Å². The molecule has 1 aliphatic heterocycles. The summed E-state index contributed by atoms with van der Waals surface area (Å²) in [5.41, 5.74) is 0. The Balaban J connectivity index is 2.56. The Kier molecular flexibility index (Phi) is 8.64. The first kappa shape index (κ1) is 15.9. The number of nitrogens with zero attached hydrogens (tertiary/aromatic N) is 1. The minimum atomic E-state index is 0.651. The van der Waals surface area contributed by atoms with E-state index >= 15 is 0 Å². The molecule has 0 saturated carbocycles. The summed E-state index contributed by atoms with van der Waals surface area (Å²) in [5, 5.41) is 3.76. The van der Waals surface area contributed by atoms with Crippen LogP contribution in [0, 0.1) is 0 Å². The Bertz CT molecular complexity index is 191. The molecule has 1 heterocycles. The van der Waals surface area contributed by atoms with E-state index in [0.29, 0.717) is 12.1 Å². The Morgan fingerprint density at radius 1 is 1.11 bits per heavy atom. The average molecular weight is 256 g/mol. The predicted molar refractivity (Wildman–Crippen MR) is 78.1 cm³/mol. The van der Waals surface area contributed by atoms with Crippen molar-refractivity contribution in [1.29, 1.82) is 0 Å². The van der Waals surface area contributed by atoms with Gasteiger partial charge in [0.1, 0.15) is 0 Å². The molecule has 0 aliphatic carbocycles. The second-order valence-corrected chi connectivity index (χ2v) is 5.33. The van der Waals surface area contributed by atoms with Crippen LogP contribution in [0.1, 0.15) is 52.9 Å². The Labute approximate surface area is 113 Å². The highest BCUT2D eigenvalue weighted by Gasteiger charge is 2.25. The third-order valence-corrected chi connectivity index (χ3v) is 3.86. The number of nitrogens with one attached hydrogen (secondary N) is 1. The molecule has 0 aromatic heterocycles. The van der Waals surface area contributed by atoms with Gasteiger partial charge in [-0.25, -0.2) is 0 Å². The van der Waals surface area contributed by atoms with Gasteiger partial charge < -0.3 is 10.1 Å². The second-order valence-electron chi connectivity index (χ2n) is 5.33. The highest BCUT2D eigenvalue weighted by Crippen LogP contribution is 2.15. The van der Waals surface area contributed by atoms with Crippen molar-refractivity contribution >= 4 is 0 Å². The van der Waals surface area contributed by atoms with E-state index < -0.39 is 0 Å². The molecule has 0 spiro atoms. The molecule has 0 radical (unpaired) electrons. The summed E-state index contributed by atoms with van der Waals surface area (Å²) >= 11 is 0. The number of rotatable bonds is 8. The summed E-state index contributed by atoms with van der Waals surface area (Å²) in [7, 11) is 0. The van der Waals surface area contributed by atoms with E-state index in [2.05, 4.69) is 31.0 Å². The Morgan fingerprint density at radius 3 is 2.61 bits per heavy atom. The lowest BCUT2D eigenvalue weighted by Crippen LogP contribution is -2.50. The zero-order chi connectivity index (χ0) is 13.2. The topological polar surface area (TPSA) is 24.5 Å². The maximum atomic E-state index is 5.58. The fourth-order valence-corrected chi connectivity index (χ4v) is 2.97. The van der Waals surface area contributed by atoms with E-state index in [1.54, 1.807) is 0 Å². The molecule has 1 rings (SSSR count). The summed E-state index contributed by atoms with van der Waals surface area (Å²) < 4.78 is 5.58. The highest BCUT2D eigenvalue weighted by atomic mass is 16.5. The third-order valence-electron chi connectivity index (χ3n) is 3.86. The summed E-state index contributed by atoms with van der Waals surface area (Å²) in [4.78, 5) is 2.65. The molecule has 108 valence electrons. The van der Waals surface area contributed by atoms with Crippen LogP contribution in [0.15, 0.2) is 0 Å². The smallest absolute Gasteiger partial charge is 0.0593 e. The molecule has 1 saturated heterocycles. The first-order valence-corrected chi connectivity index (χ1v) is 7.88. The normalized spacial score (nSPS) is 21.5.